The Labute approximate surface area is 221 Å². The number of amides is 2. The first-order chi connectivity index (χ1) is 18.0. The van der Waals surface area contributed by atoms with Crippen LogP contribution in [0.25, 0.3) is 0 Å². The van der Waals surface area contributed by atoms with E-state index in [1.807, 2.05) is 97.9 Å². The third kappa shape index (κ3) is 8.02. The standard InChI is InChI=1S/C32H39N3O2/c1-32(23-26-16-8-3-9-17-26,33-24-27-18-10-4-11-19-27)31(37)35-29(22-25-14-6-2-7-15-25)30(36)34-28-20-12-5-13-21-28/h2-4,6-11,14-19,28-29,33H,5,12-13,20-24H2,1H3,(H,34,36)(H,35,37)/t29-,32-/m0/s1. The predicted octanol–water partition coefficient (Wildman–Crippen LogP) is 4.95. The molecule has 0 aromatic heterocycles. The van der Waals surface area contributed by atoms with E-state index in [0.29, 0.717) is 19.4 Å². The summed E-state index contributed by atoms with van der Waals surface area (Å²) in [6.07, 6.45) is 6.46. The van der Waals surface area contributed by atoms with Crippen LogP contribution in [0, 0.1) is 0 Å². The summed E-state index contributed by atoms with van der Waals surface area (Å²) in [6, 6.07) is 29.5. The first-order valence-corrected chi connectivity index (χ1v) is 13.5. The minimum Gasteiger partial charge on any atom is -0.352 e. The Morgan fingerprint density at radius 3 is 1.92 bits per heavy atom. The SMILES string of the molecule is C[C@@](Cc1ccccc1)(NCc1ccccc1)C(=O)N[C@@H](Cc1ccccc1)C(=O)NC1CCCCC1. The summed E-state index contributed by atoms with van der Waals surface area (Å²) >= 11 is 0. The van der Waals surface area contributed by atoms with E-state index in [-0.39, 0.29) is 17.9 Å². The molecule has 5 heteroatoms. The average molecular weight is 498 g/mol. The van der Waals surface area contributed by atoms with Gasteiger partial charge in [0.25, 0.3) is 0 Å². The van der Waals surface area contributed by atoms with Gasteiger partial charge in [0.05, 0.1) is 5.54 Å². The fraction of sp³-hybridized carbons (Fsp3) is 0.375. The van der Waals surface area contributed by atoms with Crippen molar-refractivity contribution in [2.24, 2.45) is 0 Å². The molecule has 1 saturated carbocycles. The summed E-state index contributed by atoms with van der Waals surface area (Å²) in [5.41, 5.74) is 2.28. The molecule has 5 nitrogen and oxygen atoms in total. The Morgan fingerprint density at radius 1 is 0.784 bits per heavy atom. The fourth-order valence-electron chi connectivity index (χ4n) is 5.05. The molecule has 3 aromatic carbocycles. The van der Waals surface area contributed by atoms with Gasteiger partial charge in [-0.3, -0.25) is 14.9 Å². The van der Waals surface area contributed by atoms with Crippen LogP contribution in [0.5, 0.6) is 0 Å². The Kier molecular flexibility index (Phi) is 9.50. The van der Waals surface area contributed by atoms with Gasteiger partial charge in [-0.15, -0.1) is 0 Å². The fourth-order valence-corrected chi connectivity index (χ4v) is 5.05. The van der Waals surface area contributed by atoms with Gasteiger partial charge >= 0.3 is 0 Å². The second kappa shape index (κ2) is 13.2. The van der Waals surface area contributed by atoms with Gasteiger partial charge in [0.2, 0.25) is 11.8 Å². The summed E-state index contributed by atoms with van der Waals surface area (Å²) in [5, 5.41) is 9.87. The maximum atomic E-state index is 13.9. The number of hydrogen-bond donors (Lipinski definition) is 3. The molecule has 0 saturated heterocycles. The molecule has 3 aromatic rings. The molecule has 3 N–H and O–H groups in total. The van der Waals surface area contributed by atoms with Crippen LogP contribution >= 0.6 is 0 Å². The molecule has 2 atom stereocenters. The Hall–Kier alpha value is -3.44. The van der Waals surface area contributed by atoms with Crippen LogP contribution in [0.1, 0.15) is 55.7 Å². The smallest absolute Gasteiger partial charge is 0.243 e. The second-order valence-electron chi connectivity index (χ2n) is 10.4. The topological polar surface area (TPSA) is 70.2 Å². The molecule has 0 aliphatic heterocycles. The lowest BCUT2D eigenvalue weighted by Crippen LogP contribution is -2.61. The molecule has 1 fully saturated rings. The van der Waals surface area contributed by atoms with Gasteiger partial charge in [-0.1, -0.05) is 110 Å². The van der Waals surface area contributed by atoms with Gasteiger partial charge in [-0.05, 0) is 42.9 Å². The average Bonchev–Trinajstić information content (AvgIpc) is 2.94. The van der Waals surface area contributed by atoms with Crippen molar-refractivity contribution in [2.75, 3.05) is 0 Å². The van der Waals surface area contributed by atoms with E-state index in [2.05, 4.69) is 16.0 Å². The molecule has 194 valence electrons. The van der Waals surface area contributed by atoms with Gasteiger partial charge in [0.1, 0.15) is 6.04 Å². The number of rotatable bonds is 11. The van der Waals surface area contributed by atoms with Crippen molar-refractivity contribution in [3.05, 3.63) is 108 Å². The van der Waals surface area contributed by atoms with Gasteiger partial charge in [0, 0.05) is 19.0 Å². The molecule has 0 unspecified atom stereocenters. The first-order valence-electron chi connectivity index (χ1n) is 13.5. The van der Waals surface area contributed by atoms with Crippen molar-refractivity contribution in [1.82, 2.24) is 16.0 Å². The molecule has 0 spiro atoms. The molecule has 37 heavy (non-hydrogen) atoms. The zero-order valence-corrected chi connectivity index (χ0v) is 21.8. The van der Waals surface area contributed by atoms with Crippen molar-refractivity contribution < 1.29 is 9.59 Å². The van der Waals surface area contributed by atoms with Gasteiger partial charge < -0.3 is 10.6 Å². The monoisotopic (exact) mass is 497 g/mol. The van der Waals surface area contributed by atoms with Crippen LogP contribution in [0.15, 0.2) is 91.0 Å². The molecule has 2 amide bonds. The maximum Gasteiger partial charge on any atom is 0.243 e. The predicted molar refractivity (Wildman–Crippen MR) is 149 cm³/mol. The Bertz CT molecular complexity index is 1110. The number of carbonyl (C=O) groups is 2. The van der Waals surface area contributed by atoms with Crippen molar-refractivity contribution >= 4 is 11.8 Å². The lowest BCUT2D eigenvalue weighted by Gasteiger charge is -2.33. The maximum absolute atomic E-state index is 13.9. The minimum absolute atomic E-state index is 0.103. The van der Waals surface area contributed by atoms with Crippen molar-refractivity contribution in [2.45, 2.75) is 76.0 Å². The molecular weight excluding hydrogens is 458 g/mol. The number of nitrogens with one attached hydrogen (secondary N) is 3. The summed E-state index contributed by atoms with van der Waals surface area (Å²) < 4.78 is 0. The molecule has 1 aliphatic carbocycles. The van der Waals surface area contributed by atoms with E-state index in [4.69, 9.17) is 0 Å². The van der Waals surface area contributed by atoms with Crippen LogP contribution in [0.3, 0.4) is 0 Å². The summed E-state index contributed by atoms with van der Waals surface area (Å²) in [5.74, 6) is -0.277. The normalized spacial score (nSPS) is 16.4. The van der Waals surface area contributed by atoms with Crippen molar-refractivity contribution in [3.63, 3.8) is 0 Å². The van der Waals surface area contributed by atoms with Crippen LogP contribution in [0.2, 0.25) is 0 Å². The molecule has 1 aliphatic rings. The van der Waals surface area contributed by atoms with Crippen LogP contribution in [-0.2, 0) is 29.0 Å². The van der Waals surface area contributed by atoms with Gasteiger partial charge in [-0.25, -0.2) is 0 Å². The highest BCUT2D eigenvalue weighted by molar-refractivity contribution is 5.92. The quantitative estimate of drug-likeness (QED) is 0.351. The third-order valence-electron chi connectivity index (χ3n) is 7.28. The molecule has 0 bridgehead atoms. The Balaban J connectivity index is 1.53. The Morgan fingerprint density at radius 2 is 1.32 bits per heavy atom. The summed E-state index contributed by atoms with van der Waals surface area (Å²) in [7, 11) is 0. The molecular formula is C32H39N3O2. The highest BCUT2D eigenvalue weighted by atomic mass is 16.2. The van der Waals surface area contributed by atoms with E-state index in [1.165, 1.54) is 6.42 Å². The highest BCUT2D eigenvalue weighted by Crippen LogP contribution is 2.19. The molecule has 4 rings (SSSR count). The summed E-state index contributed by atoms with van der Waals surface area (Å²) in [6.45, 7) is 2.48. The van der Waals surface area contributed by atoms with E-state index >= 15 is 0 Å². The highest BCUT2D eigenvalue weighted by Gasteiger charge is 2.36. The second-order valence-corrected chi connectivity index (χ2v) is 10.4. The lowest BCUT2D eigenvalue weighted by atomic mass is 9.90. The van der Waals surface area contributed by atoms with E-state index in [9.17, 15) is 9.59 Å². The van der Waals surface area contributed by atoms with E-state index in [1.54, 1.807) is 0 Å². The molecule has 0 heterocycles. The zero-order valence-electron chi connectivity index (χ0n) is 21.8. The van der Waals surface area contributed by atoms with Crippen LogP contribution in [0.4, 0.5) is 0 Å². The molecule has 0 radical (unpaired) electrons. The van der Waals surface area contributed by atoms with Crippen molar-refractivity contribution in [3.8, 4) is 0 Å². The zero-order chi connectivity index (χ0) is 25.9. The van der Waals surface area contributed by atoms with Crippen LogP contribution in [-0.4, -0.2) is 29.4 Å². The number of carbonyl (C=O) groups excluding carboxylic acids is 2. The van der Waals surface area contributed by atoms with Gasteiger partial charge in [0.15, 0.2) is 0 Å². The number of hydrogen-bond acceptors (Lipinski definition) is 3. The number of benzene rings is 3. The van der Waals surface area contributed by atoms with Crippen molar-refractivity contribution in [1.29, 1.82) is 0 Å². The van der Waals surface area contributed by atoms with E-state index < -0.39 is 11.6 Å². The van der Waals surface area contributed by atoms with Crippen LogP contribution < -0.4 is 16.0 Å². The third-order valence-corrected chi connectivity index (χ3v) is 7.28. The first kappa shape index (κ1) is 26.6. The lowest BCUT2D eigenvalue weighted by molar-refractivity contribution is -0.132. The van der Waals surface area contributed by atoms with Gasteiger partial charge in [-0.2, -0.15) is 0 Å². The largest absolute Gasteiger partial charge is 0.352 e. The van der Waals surface area contributed by atoms with E-state index in [0.717, 1.165) is 42.4 Å². The summed E-state index contributed by atoms with van der Waals surface area (Å²) in [4.78, 5) is 27.4. The minimum atomic E-state index is -0.906.